The molecule has 0 aliphatic rings. The molecule has 50 valence electrons. The van der Waals surface area contributed by atoms with E-state index in [1.807, 2.05) is 0 Å². The Morgan fingerprint density at radius 1 is 0.714 bits per heavy atom. The Morgan fingerprint density at radius 3 is 0.714 bits per heavy atom. The summed E-state index contributed by atoms with van der Waals surface area (Å²) in [5, 5.41) is 0. The van der Waals surface area contributed by atoms with Crippen LogP contribution in [0.4, 0.5) is 0 Å². The second-order valence-corrected chi connectivity index (χ2v) is 5.20. The van der Waals surface area contributed by atoms with Crippen molar-refractivity contribution in [2.45, 2.75) is 19.6 Å². The molecule has 0 heterocycles. The molecule has 0 amide bonds. The largest absolute Gasteiger partial charge is 0.0724 e. The topological polar surface area (TPSA) is 0 Å². The number of hydrogen-bond donors (Lipinski definition) is 0. The molecular weight excluding hydrogens is 148 g/mol. The first kappa shape index (κ1) is 24.8. The first-order valence-electron chi connectivity index (χ1n) is 1.73. The third-order valence-electron chi connectivity index (χ3n) is 0. The molecule has 0 atom stereocenters. The summed E-state index contributed by atoms with van der Waals surface area (Å²) >= 11 is 0. The third-order valence-corrected chi connectivity index (χ3v) is 0. The van der Waals surface area contributed by atoms with Crippen molar-refractivity contribution < 1.29 is 0 Å². The maximum atomic E-state index is 2.31. The van der Waals surface area contributed by atoms with Gasteiger partial charge in [-0.3, -0.25) is 0 Å². The quantitative estimate of drug-likeness (QED) is 0.335. The van der Waals surface area contributed by atoms with Crippen molar-refractivity contribution in [1.29, 1.82) is 0 Å². The molecule has 4 heteroatoms. The summed E-state index contributed by atoms with van der Waals surface area (Å²) in [4.78, 5) is 0. The van der Waals surface area contributed by atoms with E-state index in [-0.39, 0.29) is 41.7 Å². The van der Waals surface area contributed by atoms with Gasteiger partial charge in [-0.2, -0.15) is 0 Å². The summed E-state index contributed by atoms with van der Waals surface area (Å²) in [6, 6.07) is 0. The van der Waals surface area contributed by atoms with Crippen LogP contribution in [0, 0.1) is 0 Å². The van der Waals surface area contributed by atoms with Crippen LogP contribution in [0.5, 0.6) is 0 Å². The van der Waals surface area contributed by atoms with E-state index in [0.717, 1.165) is 0 Å². The summed E-state index contributed by atoms with van der Waals surface area (Å²) in [5.41, 5.74) is 0. The molecule has 0 aliphatic carbocycles. The molecule has 0 aromatic rings. The lowest BCUT2D eigenvalue weighted by molar-refractivity contribution is 1.91. The Kier molecular flexibility index (Phi) is 56.0. The van der Waals surface area contributed by atoms with E-state index in [0.29, 0.717) is 0 Å². The van der Waals surface area contributed by atoms with Crippen molar-refractivity contribution in [2.24, 2.45) is 0 Å². The lowest BCUT2D eigenvalue weighted by Gasteiger charge is -1.75. The molecule has 0 radical (unpaired) electrons. The van der Waals surface area contributed by atoms with Crippen LogP contribution in [-0.4, -0.2) is 41.7 Å². The van der Waals surface area contributed by atoms with Crippen LogP contribution in [0.25, 0.3) is 0 Å². The van der Waals surface area contributed by atoms with E-state index in [9.17, 15) is 0 Å². The second-order valence-electron chi connectivity index (χ2n) is 1.73. The van der Waals surface area contributed by atoms with Gasteiger partial charge in [0.05, 0.1) is 0 Å². The highest BCUT2D eigenvalue weighted by atomic mass is 28.3. The summed E-state index contributed by atoms with van der Waals surface area (Å²) < 4.78 is 0. The van der Waals surface area contributed by atoms with E-state index >= 15 is 0 Å². The maximum absolute atomic E-state index is 2.31. The lowest BCUT2D eigenvalue weighted by atomic mass is 11.8. The zero-order valence-corrected chi connectivity index (χ0v) is 4.73. The average Bonchev–Trinajstić information content (AvgIpc) is 0.811. The lowest BCUT2D eigenvalue weighted by Crippen LogP contribution is -1.84. The van der Waals surface area contributed by atoms with Gasteiger partial charge in [-0.05, 0) is 32.9 Å². The van der Waals surface area contributed by atoms with Gasteiger partial charge < -0.3 is 0 Å². The molecule has 0 aliphatic heterocycles. The number of rotatable bonds is 0. The van der Waals surface area contributed by atoms with Crippen molar-refractivity contribution in [3.63, 3.8) is 0 Å². The summed E-state index contributed by atoms with van der Waals surface area (Å²) in [6.07, 6.45) is 0. The molecule has 0 bridgehead atoms. The first-order chi connectivity index (χ1) is 1.73. The van der Waals surface area contributed by atoms with E-state index in [2.05, 4.69) is 19.6 Å². The summed E-state index contributed by atoms with van der Waals surface area (Å²) in [6.45, 7) is 6.92. The van der Waals surface area contributed by atoms with E-state index in [1.165, 1.54) is 0 Å². The molecule has 0 aromatic carbocycles. The highest BCUT2D eigenvalue weighted by molar-refractivity contribution is 6.54. The molecule has 0 N–H and O–H groups in total. The van der Waals surface area contributed by atoms with Crippen LogP contribution >= 0.6 is 0 Å². The fraction of sp³-hybridized carbons (Fsp3) is 1.00. The highest BCUT2D eigenvalue weighted by Gasteiger charge is 1.71. The minimum atomic E-state index is -0.139. The molecule has 0 fully saturated rings. The zero-order chi connectivity index (χ0) is 3.58. The van der Waals surface area contributed by atoms with Crippen molar-refractivity contribution in [3.8, 4) is 0 Å². The van der Waals surface area contributed by atoms with Crippen LogP contribution in [0.3, 0.4) is 0 Å². The van der Waals surface area contributed by atoms with Crippen LogP contribution in [0.2, 0.25) is 19.6 Å². The van der Waals surface area contributed by atoms with Gasteiger partial charge >= 0.3 is 0 Å². The first-order valence-corrected chi connectivity index (χ1v) is 5.20. The molecule has 0 spiro atoms. The minimum Gasteiger partial charge on any atom is -0.0724 e. The van der Waals surface area contributed by atoms with Gasteiger partial charge in [0.1, 0.15) is 0 Å². The van der Waals surface area contributed by atoms with Gasteiger partial charge in [0, 0.05) is 8.80 Å². The van der Waals surface area contributed by atoms with Gasteiger partial charge in [-0.25, -0.2) is 0 Å². The van der Waals surface area contributed by atoms with Gasteiger partial charge in [-0.15, -0.1) is 0 Å². The van der Waals surface area contributed by atoms with E-state index < -0.39 is 0 Å². The van der Waals surface area contributed by atoms with E-state index in [4.69, 9.17) is 0 Å². The standard InChI is InChI=1S/C3H10Si.3H4Si/c1-4(2)3;;;/h4H,1-3H3;3*1H4. The van der Waals surface area contributed by atoms with Gasteiger partial charge in [0.25, 0.3) is 0 Å². The second kappa shape index (κ2) is 15.8. The maximum Gasteiger partial charge on any atom is 0.0274 e. The van der Waals surface area contributed by atoms with Crippen molar-refractivity contribution >= 4 is 41.7 Å². The molecule has 0 saturated heterocycles. The normalized spacial score (nSPS) is 5.14. The molecule has 0 unspecified atom stereocenters. The molecule has 0 rings (SSSR count). The average molecular weight is 171 g/mol. The highest BCUT2D eigenvalue weighted by Crippen LogP contribution is 1.68. The Labute approximate surface area is 61.8 Å². The fourth-order valence-electron chi connectivity index (χ4n) is 0. The Morgan fingerprint density at radius 2 is 0.714 bits per heavy atom. The van der Waals surface area contributed by atoms with Crippen LogP contribution < -0.4 is 0 Å². The molecular formula is C3H22Si4. The molecule has 0 aromatic heterocycles. The Balaban J connectivity index is -0.0000000150. The predicted molar refractivity (Wildman–Crippen MR) is 58.7 cm³/mol. The van der Waals surface area contributed by atoms with Crippen LogP contribution in [0.1, 0.15) is 0 Å². The molecule has 7 heavy (non-hydrogen) atoms. The van der Waals surface area contributed by atoms with Gasteiger partial charge in [0.15, 0.2) is 0 Å². The number of hydrogen-bond acceptors (Lipinski definition) is 0. The Hall–Kier alpha value is 0.868. The SMILES string of the molecule is C[SiH](C)C.[SiH4].[SiH4].[SiH4]. The van der Waals surface area contributed by atoms with E-state index in [1.54, 1.807) is 0 Å². The predicted octanol–water partition coefficient (Wildman–Crippen LogP) is -3.25. The minimum absolute atomic E-state index is 0. The molecule has 0 nitrogen and oxygen atoms in total. The van der Waals surface area contributed by atoms with Gasteiger partial charge in [-0.1, -0.05) is 19.6 Å². The van der Waals surface area contributed by atoms with Crippen LogP contribution in [0.15, 0.2) is 0 Å². The Bertz CT molecular complexity index is 11.7. The van der Waals surface area contributed by atoms with Crippen LogP contribution in [-0.2, 0) is 0 Å². The smallest absolute Gasteiger partial charge is 0.0274 e. The van der Waals surface area contributed by atoms with Crippen molar-refractivity contribution in [2.75, 3.05) is 0 Å². The monoisotopic (exact) mass is 170 g/mol. The summed E-state index contributed by atoms with van der Waals surface area (Å²) in [7, 11) is -0.139. The zero-order valence-electron chi connectivity index (χ0n) is 3.58. The summed E-state index contributed by atoms with van der Waals surface area (Å²) in [5.74, 6) is 0. The van der Waals surface area contributed by atoms with Crippen molar-refractivity contribution in [3.05, 3.63) is 0 Å². The third kappa shape index (κ3) is 216. The van der Waals surface area contributed by atoms with Gasteiger partial charge in [0.2, 0.25) is 0 Å². The fourth-order valence-corrected chi connectivity index (χ4v) is 0. The molecule has 0 saturated carbocycles. The van der Waals surface area contributed by atoms with Crippen molar-refractivity contribution in [1.82, 2.24) is 0 Å².